The zero-order valence-corrected chi connectivity index (χ0v) is 9.78. The van der Waals surface area contributed by atoms with E-state index in [0.29, 0.717) is 18.2 Å². The van der Waals surface area contributed by atoms with Gasteiger partial charge >= 0.3 is 0 Å². The van der Waals surface area contributed by atoms with Crippen molar-refractivity contribution < 1.29 is 4.74 Å². The summed E-state index contributed by atoms with van der Waals surface area (Å²) >= 11 is 0. The van der Waals surface area contributed by atoms with E-state index in [1.165, 1.54) is 24.0 Å². The monoisotopic (exact) mass is 217 g/mol. The first-order valence-corrected chi connectivity index (χ1v) is 6.27. The van der Waals surface area contributed by atoms with Crippen LogP contribution < -0.4 is 5.32 Å². The smallest absolute Gasteiger partial charge is 0.0700 e. The van der Waals surface area contributed by atoms with Crippen molar-refractivity contribution in [2.45, 2.75) is 44.4 Å². The van der Waals surface area contributed by atoms with E-state index in [2.05, 4.69) is 36.5 Å². The fourth-order valence-corrected chi connectivity index (χ4v) is 2.93. The minimum absolute atomic E-state index is 0.378. The van der Waals surface area contributed by atoms with Gasteiger partial charge in [0.2, 0.25) is 0 Å². The van der Waals surface area contributed by atoms with Crippen LogP contribution in [0.1, 0.15) is 24.5 Å². The van der Waals surface area contributed by atoms with E-state index in [1.54, 1.807) is 0 Å². The molecule has 0 saturated carbocycles. The molecule has 1 N–H and O–H groups in total. The zero-order chi connectivity index (χ0) is 11.0. The van der Waals surface area contributed by atoms with Crippen molar-refractivity contribution in [3.63, 3.8) is 0 Å². The van der Waals surface area contributed by atoms with E-state index < -0.39 is 0 Å². The largest absolute Gasteiger partial charge is 0.377 e. The molecule has 1 fully saturated rings. The number of hydrogen-bond donors (Lipinski definition) is 1. The molecule has 0 radical (unpaired) electrons. The van der Waals surface area contributed by atoms with Gasteiger partial charge in [-0.05, 0) is 37.3 Å². The van der Waals surface area contributed by atoms with Crippen molar-refractivity contribution in [3.8, 4) is 0 Å². The summed E-state index contributed by atoms with van der Waals surface area (Å²) in [7, 11) is 0. The lowest BCUT2D eigenvalue weighted by Crippen LogP contribution is -2.42. The van der Waals surface area contributed by atoms with E-state index in [-0.39, 0.29) is 0 Å². The molecule has 2 aliphatic rings. The molecule has 2 unspecified atom stereocenters. The molecule has 0 spiro atoms. The Hall–Kier alpha value is -0.860. The molecule has 1 aromatic carbocycles. The molecular formula is C14H19NO. The molecule has 1 saturated heterocycles. The van der Waals surface area contributed by atoms with E-state index in [9.17, 15) is 0 Å². The fourth-order valence-electron chi connectivity index (χ4n) is 2.93. The van der Waals surface area contributed by atoms with E-state index in [4.69, 9.17) is 4.74 Å². The van der Waals surface area contributed by atoms with Crippen LogP contribution >= 0.6 is 0 Å². The van der Waals surface area contributed by atoms with Crippen molar-refractivity contribution in [1.29, 1.82) is 0 Å². The van der Waals surface area contributed by atoms with Crippen LogP contribution in [-0.4, -0.2) is 24.8 Å². The second kappa shape index (κ2) is 4.19. The topological polar surface area (TPSA) is 21.3 Å². The van der Waals surface area contributed by atoms with Crippen molar-refractivity contribution in [2.75, 3.05) is 6.61 Å². The molecule has 1 aliphatic carbocycles. The van der Waals surface area contributed by atoms with Gasteiger partial charge in [0.25, 0.3) is 0 Å². The first-order chi connectivity index (χ1) is 7.83. The van der Waals surface area contributed by atoms with Crippen LogP contribution in [0.25, 0.3) is 0 Å². The molecule has 0 bridgehead atoms. The first kappa shape index (κ1) is 10.3. The van der Waals surface area contributed by atoms with Crippen LogP contribution in [0.15, 0.2) is 24.3 Å². The van der Waals surface area contributed by atoms with Gasteiger partial charge < -0.3 is 10.1 Å². The summed E-state index contributed by atoms with van der Waals surface area (Å²) in [6.45, 7) is 3.09. The minimum Gasteiger partial charge on any atom is -0.377 e. The highest BCUT2D eigenvalue weighted by molar-refractivity contribution is 5.33. The molecule has 2 heteroatoms. The summed E-state index contributed by atoms with van der Waals surface area (Å²) in [5.41, 5.74) is 3.04. The van der Waals surface area contributed by atoms with Gasteiger partial charge in [0, 0.05) is 18.7 Å². The Morgan fingerprint density at radius 1 is 1.19 bits per heavy atom. The van der Waals surface area contributed by atoms with Gasteiger partial charge in [0.05, 0.1) is 6.10 Å². The van der Waals surface area contributed by atoms with Crippen molar-refractivity contribution in [3.05, 3.63) is 35.4 Å². The lowest BCUT2D eigenvalue weighted by atomic mass is 10.1. The summed E-state index contributed by atoms with van der Waals surface area (Å²) in [5, 5.41) is 3.75. The van der Waals surface area contributed by atoms with Gasteiger partial charge in [-0.1, -0.05) is 24.3 Å². The predicted molar refractivity (Wildman–Crippen MR) is 64.6 cm³/mol. The Morgan fingerprint density at radius 2 is 1.88 bits per heavy atom. The molecule has 86 valence electrons. The van der Waals surface area contributed by atoms with Crippen LogP contribution in [0.4, 0.5) is 0 Å². The van der Waals surface area contributed by atoms with Crippen LogP contribution in [0.3, 0.4) is 0 Å². The Labute approximate surface area is 97.0 Å². The van der Waals surface area contributed by atoms with E-state index >= 15 is 0 Å². The summed E-state index contributed by atoms with van der Waals surface area (Å²) in [4.78, 5) is 0. The predicted octanol–water partition coefficient (Wildman–Crippen LogP) is 1.92. The number of nitrogens with one attached hydrogen (secondary N) is 1. The minimum atomic E-state index is 0.378. The second-order valence-corrected chi connectivity index (χ2v) is 5.01. The third-order valence-corrected chi connectivity index (χ3v) is 3.88. The lowest BCUT2D eigenvalue weighted by molar-refractivity contribution is 0.111. The molecule has 2 atom stereocenters. The van der Waals surface area contributed by atoms with E-state index in [1.807, 2.05) is 0 Å². The van der Waals surface area contributed by atoms with Gasteiger partial charge in [-0.25, -0.2) is 0 Å². The summed E-state index contributed by atoms with van der Waals surface area (Å²) < 4.78 is 5.59. The molecule has 2 nitrogen and oxygen atoms in total. The quantitative estimate of drug-likeness (QED) is 0.817. The molecule has 1 aromatic rings. The molecule has 0 aromatic heterocycles. The maximum atomic E-state index is 5.59. The SMILES string of the molecule is CC1OCCC1NC1Cc2ccccc2C1. The van der Waals surface area contributed by atoms with Gasteiger partial charge in [-0.15, -0.1) is 0 Å². The molecular weight excluding hydrogens is 198 g/mol. The van der Waals surface area contributed by atoms with Crippen molar-refractivity contribution >= 4 is 0 Å². The van der Waals surface area contributed by atoms with Crippen LogP contribution in [0.5, 0.6) is 0 Å². The zero-order valence-electron chi connectivity index (χ0n) is 9.78. The fraction of sp³-hybridized carbons (Fsp3) is 0.571. The normalized spacial score (nSPS) is 29.6. The maximum Gasteiger partial charge on any atom is 0.0700 e. The molecule has 1 aliphatic heterocycles. The standard InChI is InChI=1S/C14H19NO/c1-10-14(6-7-16-10)15-13-8-11-4-2-3-5-12(11)9-13/h2-5,10,13-15H,6-9H2,1H3. The van der Waals surface area contributed by atoms with Crippen molar-refractivity contribution in [1.82, 2.24) is 5.32 Å². The second-order valence-electron chi connectivity index (χ2n) is 5.01. The Balaban J connectivity index is 1.63. The van der Waals surface area contributed by atoms with Crippen molar-refractivity contribution in [2.24, 2.45) is 0 Å². The average molecular weight is 217 g/mol. The Bertz CT molecular complexity index is 352. The highest BCUT2D eigenvalue weighted by atomic mass is 16.5. The Morgan fingerprint density at radius 3 is 2.44 bits per heavy atom. The number of rotatable bonds is 2. The molecule has 0 amide bonds. The van der Waals surface area contributed by atoms with Gasteiger partial charge in [0.1, 0.15) is 0 Å². The number of hydrogen-bond acceptors (Lipinski definition) is 2. The Kier molecular flexibility index (Phi) is 2.70. The summed E-state index contributed by atoms with van der Waals surface area (Å²) in [6, 6.07) is 9.97. The van der Waals surface area contributed by atoms with Gasteiger partial charge in [-0.2, -0.15) is 0 Å². The molecule has 1 heterocycles. The van der Waals surface area contributed by atoms with Gasteiger partial charge in [-0.3, -0.25) is 0 Å². The first-order valence-electron chi connectivity index (χ1n) is 6.27. The number of fused-ring (bicyclic) bond motifs is 1. The van der Waals surface area contributed by atoms with Crippen LogP contribution in [-0.2, 0) is 17.6 Å². The number of ether oxygens (including phenoxy) is 1. The average Bonchev–Trinajstić information content (AvgIpc) is 2.85. The highest BCUT2D eigenvalue weighted by Gasteiger charge is 2.29. The lowest BCUT2D eigenvalue weighted by Gasteiger charge is -2.20. The van der Waals surface area contributed by atoms with E-state index in [0.717, 1.165) is 13.0 Å². The molecule has 16 heavy (non-hydrogen) atoms. The summed E-state index contributed by atoms with van der Waals surface area (Å²) in [6.07, 6.45) is 3.90. The molecule has 3 rings (SSSR count). The number of benzene rings is 1. The highest BCUT2D eigenvalue weighted by Crippen LogP contribution is 2.23. The van der Waals surface area contributed by atoms with Crippen LogP contribution in [0.2, 0.25) is 0 Å². The third kappa shape index (κ3) is 1.87. The van der Waals surface area contributed by atoms with Crippen LogP contribution in [0, 0.1) is 0 Å². The third-order valence-electron chi connectivity index (χ3n) is 3.88. The van der Waals surface area contributed by atoms with Gasteiger partial charge in [0.15, 0.2) is 0 Å². The maximum absolute atomic E-state index is 5.59. The summed E-state index contributed by atoms with van der Waals surface area (Å²) in [5.74, 6) is 0.